The number of hydrogen-bond donors (Lipinski definition) is 1. The lowest BCUT2D eigenvalue weighted by atomic mass is 9.57. The largest absolute Gasteiger partial charge is 0.311 e. The summed E-state index contributed by atoms with van der Waals surface area (Å²) in [7, 11) is 0. The average Bonchev–Trinajstić information content (AvgIpc) is 2.92. The Balaban J connectivity index is 1.76. The fourth-order valence-corrected chi connectivity index (χ4v) is 5.61. The van der Waals surface area contributed by atoms with Crippen LogP contribution in [0.3, 0.4) is 0 Å². The Bertz CT molecular complexity index is 248. The van der Waals surface area contributed by atoms with E-state index < -0.39 is 0 Å². The zero-order valence-corrected chi connectivity index (χ0v) is 9.24. The normalized spacial score (nSPS) is 69.0. The highest BCUT2D eigenvalue weighted by molar-refractivity contribution is 5.15. The lowest BCUT2D eigenvalue weighted by molar-refractivity contribution is 0.0246. The van der Waals surface area contributed by atoms with Crippen molar-refractivity contribution in [2.24, 2.45) is 35.5 Å². The first kappa shape index (κ1) is 8.15. The van der Waals surface area contributed by atoms with Crippen LogP contribution >= 0.6 is 0 Å². The van der Waals surface area contributed by atoms with Crippen molar-refractivity contribution in [1.29, 1.82) is 0 Å². The number of nitrogens with one attached hydrogen (secondary N) is 1. The maximum atomic E-state index is 3.80. The predicted octanol–water partition coefficient (Wildman–Crippen LogP) is 2.27. The molecule has 1 N–H and O–H groups in total. The second-order valence-electron chi connectivity index (χ2n) is 6.37. The molecule has 2 bridgehead atoms. The molecule has 8 atom stereocenters. The van der Waals surface area contributed by atoms with Crippen molar-refractivity contribution in [2.75, 3.05) is 0 Å². The van der Waals surface area contributed by atoms with Crippen molar-refractivity contribution >= 4 is 0 Å². The Morgan fingerprint density at radius 3 is 1.79 bits per heavy atom. The molecule has 14 heavy (non-hydrogen) atoms. The fourth-order valence-electron chi connectivity index (χ4n) is 5.61. The molecule has 1 heterocycles. The topological polar surface area (TPSA) is 12.0 Å². The molecule has 5 rings (SSSR count). The molecule has 4 saturated carbocycles. The summed E-state index contributed by atoms with van der Waals surface area (Å²) in [6.07, 6.45) is 4.72. The van der Waals surface area contributed by atoms with Crippen molar-refractivity contribution in [3.8, 4) is 0 Å². The van der Waals surface area contributed by atoms with Crippen molar-refractivity contribution < 1.29 is 0 Å². The van der Waals surface area contributed by atoms with E-state index in [2.05, 4.69) is 19.2 Å². The van der Waals surface area contributed by atoms with Crippen molar-refractivity contribution in [3.05, 3.63) is 0 Å². The van der Waals surface area contributed by atoms with Crippen molar-refractivity contribution in [1.82, 2.24) is 5.32 Å². The molecule has 1 nitrogen and oxygen atoms in total. The Kier molecular flexibility index (Phi) is 1.38. The van der Waals surface area contributed by atoms with Gasteiger partial charge in [0.2, 0.25) is 0 Å². The molecule has 0 aromatic rings. The maximum absolute atomic E-state index is 3.80. The Morgan fingerprint density at radius 1 is 0.786 bits per heavy atom. The molecule has 8 unspecified atom stereocenters. The molecule has 0 spiro atoms. The SMILES string of the molecule is CC1NC(C)C2C3CCC(C4CC43)C12. The quantitative estimate of drug-likeness (QED) is 0.619. The van der Waals surface area contributed by atoms with E-state index in [9.17, 15) is 0 Å². The molecular weight excluding hydrogens is 170 g/mol. The predicted molar refractivity (Wildman–Crippen MR) is 56.9 cm³/mol. The minimum absolute atomic E-state index is 0.810. The highest BCUT2D eigenvalue weighted by Crippen LogP contribution is 2.68. The highest BCUT2D eigenvalue weighted by atomic mass is 15.0. The summed E-state index contributed by atoms with van der Waals surface area (Å²) < 4.78 is 0. The lowest BCUT2D eigenvalue weighted by Crippen LogP contribution is -2.44. The summed E-state index contributed by atoms with van der Waals surface area (Å²) in [5.41, 5.74) is 0. The standard InChI is InChI=1S/C13H21N/c1-6-12-8-3-4-9(11-5-10(8)11)13(12)7(2)14-6/h6-14H,3-5H2,1-2H3. The molecular formula is C13H21N. The van der Waals surface area contributed by atoms with Crippen LogP contribution < -0.4 is 5.32 Å². The van der Waals surface area contributed by atoms with E-state index in [1.165, 1.54) is 11.8 Å². The summed E-state index contributed by atoms with van der Waals surface area (Å²) in [6, 6.07) is 1.62. The molecule has 5 aliphatic rings. The molecule has 0 aromatic heterocycles. The van der Waals surface area contributed by atoms with E-state index in [1.54, 1.807) is 19.3 Å². The zero-order chi connectivity index (χ0) is 9.45. The van der Waals surface area contributed by atoms with Gasteiger partial charge in [-0.2, -0.15) is 0 Å². The second kappa shape index (κ2) is 2.37. The van der Waals surface area contributed by atoms with Gasteiger partial charge in [0, 0.05) is 12.1 Å². The van der Waals surface area contributed by atoms with E-state index in [0.717, 1.165) is 35.8 Å². The first-order chi connectivity index (χ1) is 6.77. The van der Waals surface area contributed by atoms with E-state index in [4.69, 9.17) is 0 Å². The molecule has 1 saturated heterocycles. The third-order valence-corrected chi connectivity index (χ3v) is 5.94. The highest BCUT2D eigenvalue weighted by Gasteiger charge is 2.64. The van der Waals surface area contributed by atoms with Crippen LogP contribution in [0.1, 0.15) is 33.1 Å². The third-order valence-electron chi connectivity index (χ3n) is 5.94. The van der Waals surface area contributed by atoms with Crippen LogP contribution in [0, 0.1) is 35.5 Å². The molecule has 78 valence electrons. The first-order valence-corrected chi connectivity index (χ1v) is 6.53. The van der Waals surface area contributed by atoms with E-state index in [-0.39, 0.29) is 0 Å². The van der Waals surface area contributed by atoms with Gasteiger partial charge in [-0.05, 0) is 68.6 Å². The molecule has 0 aromatic carbocycles. The summed E-state index contributed by atoms with van der Waals surface area (Å²) in [5, 5.41) is 3.80. The van der Waals surface area contributed by atoms with E-state index in [0.29, 0.717) is 0 Å². The first-order valence-electron chi connectivity index (χ1n) is 6.53. The summed E-state index contributed by atoms with van der Waals surface area (Å²) in [5.74, 6) is 6.67. The minimum atomic E-state index is 0.810. The second-order valence-corrected chi connectivity index (χ2v) is 6.37. The smallest absolute Gasteiger partial charge is 0.00756 e. The van der Waals surface area contributed by atoms with Gasteiger partial charge in [0.25, 0.3) is 0 Å². The van der Waals surface area contributed by atoms with Gasteiger partial charge < -0.3 is 5.32 Å². The van der Waals surface area contributed by atoms with Crippen molar-refractivity contribution in [3.63, 3.8) is 0 Å². The van der Waals surface area contributed by atoms with Crippen molar-refractivity contribution in [2.45, 2.75) is 45.2 Å². The van der Waals surface area contributed by atoms with Crippen LogP contribution in [-0.4, -0.2) is 12.1 Å². The van der Waals surface area contributed by atoms with Crippen LogP contribution in [-0.2, 0) is 0 Å². The Hall–Kier alpha value is -0.0400. The Morgan fingerprint density at radius 2 is 1.29 bits per heavy atom. The summed E-state index contributed by atoms with van der Waals surface area (Å²) in [6.45, 7) is 4.86. The van der Waals surface area contributed by atoms with Gasteiger partial charge in [0.15, 0.2) is 0 Å². The van der Waals surface area contributed by atoms with Gasteiger partial charge >= 0.3 is 0 Å². The van der Waals surface area contributed by atoms with Gasteiger partial charge in [-0.3, -0.25) is 0 Å². The number of fused-ring (bicyclic) bond motifs is 1. The molecule has 5 fully saturated rings. The molecule has 0 amide bonds. The van der Waals surface area contributed by atoms with Crippen LogP contribution in [0.2, 0.25) is 0 Å². The molecule has 1 heteroatoms. The maximum Gasteiger partial charge on any atom is 0.00756 e. The van der Waals surface area contributed by atoms with E-state index >= 15 is 0 Å². The Labute approximate surface area is 86.6 Å². The third kappa shape index (κ3) is 0.778. The summed E-state index contributed by atoms with van der Waals surface area (Å²) >= 11 is 0. The van der Waals surface area contributed by atoms with E-state index in [1.807, 2.05) is 0 Å². The molecule has 1 aliphatic heterocycles. The minimum Gasteiger partial charge on any atom is -0.311 e. The molecule has 0 radical (unpaired) electrons. The van der Waals surface area contributed by atoms with Crippen LogP contribution in [0.15, 0.2) is 0 Å². The number of rotatable bonds is 0. The van der Waals surface area contributed by atoms with Gasteiger partial charge in [-0.1, -0.05) is 0 Å². The number of hydrogen-bond acceptors (Lipinski definition) is 1. The average molecular weight is 191 g/mol. The zero-order valence-electron chi connectivity index (χ0n) is 9.24. The van der Waals surface area contributed by atoms with Crippen LogP contribution in [0.25, 0.3) is 0 Å². The van der Waals surface area contributed by atoms with Gasteiger partial charge in [0.1, 0.15) is 0 Å². The monoisotopic (exact) mass is 191 g/mol. The van der Waals surface area contributed by atoms with Gasteiger partial charge in [-0.15, -0.1) is 0 Å². The van der Waals surface area contributed by atoms with Gasteiger partial charge in [-0.25, -0.2) is 0 Å². The lowest BCUT2D eigenvalue weighted by Gasteiger charge is -2.47. The van der Waals surface area contributed by atoms with Gasteiger partial charge in [0.05, 0.1) is 0 Å². The molecule has 4 aliphatic carbocycles. The summed E-state index contributed by atoms with van der Waals surface area (Å²) in [4.78, 5) is 0. The fraction of sp³-hybridized carbons (Fsp3) is 1.00. The van der Waals surface area contributed by atoms with Crippen LogP contribution in [0.5, 0.6) is 0 Å². The van der Waals surface area contributed by atoms with Crippen LogP contribution in [0.4, 0.5) is 0 Å².